The third kappa shape index (κ3) is 1.04. The summed E-state index contributed by atoms with van der Waals surface area (Å²) in [5.74, 6) is -3.02. The van der Waals surface area contributed by atoms with E-state index < -0.39 is 23.3 Å². The van der Waals surface area contributed by atoms with E-state index in [0.717, 1.165) is 24.3 Å². The normalized spacial score (nSPS) is 11.8. The Balaban J connectivity index is 2.93. The van der Waals surface area contributed by atoms with E-state index in [9.17, 15) is 17.6 Å². The van der Waals surface area contributed by atoms with E-state index in [-0.39, 0.29) is 20.9 Å². The average molecular weight is 224 g/mol. The van der Waals surface area contributed by atoms with Crippen molar-refractivity contribution in [2.24, 2.45) is 0 Å². The van der Waals surface area contributed by atoms with Gasteiger partial charge >= 0.3 is 0 Å². The summed E-state index contributed by atoms with van der Waals surface area (Å²) in [6, 6.07) is 3.54. The van der Waals surface area contributed by atoms with Gasteiger partial charge in [-0.1, -0.05) is 0 Å². The minimum atomic E-state index is -0.754. The van der Waals surface area contributed by atoms with Crippen LogP contribution in [0, 0.1) is 44.1 Å². The molecular formula is C12H4F4. The van der Waals surface area contributed by atoms with Crippen LogP contribution in [0.4, 0.5) is 17.6 Å². The first kappa shape index (κ1) is 9.39. The van der Waals surface area contributed by atoms with Crippen LogP contribution in [0.3, 0.4) is 0 Å². The molecule has 0 N–H and O–H groups in total. The van der Waals surface area contributed by atoms with Crippen molar-refractivity contribution in [1.82, 2.24) is 0 Å². The molecule has 0 heterocycles. The van der Waals surface area contributed by atoms with Gasteiger partial charge in [0.2, 0.25) is 0 Å². The Morgan fingerprint density at radius 1 is 0.438 bits per heavy atom. The Morgan fingerprint density at radius 3 is 0.812 bits per heavy atom. The highest BCUT2D eigenvalue weighted by atomic mass is 19.1. The molecule has 6 rings (SSSR count). The van der Waals surface area contributed by atoms with Crippen molar-refractivity contribution in [3.63, 3.8) is 0 Å². The van der Waals surface area contributed by atoms with Gasteiger partial charge in [0.05, 0.1) is 0 Å². The second kappa shape index (κ2) is 2.84. The maximum atomic E-state index is 13.5. The van der Waals surface area contributed by atoms with Crippen molar-refractivity contribution in [2.45, 2.75) is 0 Å². The van der Waals surface area contributed by atoms with Crippen LogP contribution in [0.25, 0.3) is 0 Å². The van der Waals surface area contributed by atoms with Gasteiger partial charge in [0.25, 0.3) is 0 Å². The zero-order chi connectivity index (χ0) is 11.4. The van der Waals surface area contributed by atoms with Crippen molar-refractivity contribution < 1.29 is 17.6 Å². The Kier molecular flexibility index (Phi) is 1.67. The standard InChI is InChI=1S/C12H4F4/c13-9-1-5-6-2-12(16)8(4-11(6)15)7(9)3-10(5)14/h1-4H. The van der Waals surface area contributed by atoms with Crippen molar-refractivity contribution in [3.8, 4) is 0 Å². The van der Waals surface area contributed by atoms with Crippen LogP contribution in [0.15, 0.2) is 24.3 Å². The van der Waals surface area contributed by atoms with Crippen molar-refractivity contribution >= 4 is 0 Å². The first-order valence-electron chi connectivity index (χ1n) is 4.57. The molecule has 0 saturated heterocycles. The van der Waals surface area contributed by atoms with Crippen LogP contribution < -0.4 is 0 Å². The van der Waals surface area contributed by atoms with E-state index in [1.807, 2.05) is 0 Å². The third-order valence-corrected chi connectivity index (χ3v) is 2.69. The minimum Gasteiger partial charge on any atom is -0.206 e. The predicted octanol–water partition coefficient (Wildman–Crippen LogP) is 3.13. The molecule has 0 fully saturated rings. The highest BCUT2D eigenvalue weighted by Crippen LogP contribution is 2.18. The summed E-state index contributed by atoms with van der Waals surface area (Å²) in [4.78, 5) is 0. The molecule has 0 amide bonds. The lowest BCUT2D eigenvalue weighted by Crippen LogP contribution is -1.97. The first-order valence-corrected chi connectivity index (χ1v) is 4.57. The lowest BCUT2D eigenvalue weighted by molar-refractivity contribution is 0.559. The Hall–Kier alpha value is -1.84. The molecule has 16 heavy (non-hydrogen) atoms. The fourth-order valence-electron chi connectivity index (χ4n) is 1.92. The second-order valence-corrected chi connectivity index (χ2v) is 3.62. The van der Waals surface area contributed by atoms with Crippen molar-refractivity contribution in [3.05, 3.63) is 68.4 Å². The summed E-state index contributed by atoms with van der Waals surface area (Å²) in [5, 5.41) is -1.04. The van der Waals surface area contributed by atoms with Crippen LogP contribution in [0.2, 0.25) is 0 Å². The zero-order valence-electron chi connectivity index (χ0n) is 7.82. The molecule has 0 spiro atoms. The topological polar surface area (TPSA) is 0 Å². The summed E-state index contributed by atoms with van der Waals surface area (Å²) in [5.41, 5.74) is 0. The van der Waals surface area contributed by atoms with Gasteiger partial charge < -0.3 is 0 Å². The Labute approximate surface area is 86.8 Å². The monoisotopic (exact) mass is 224 g/mol. The minimum absolute atomic E-state index is 0.260. The molecule has 0 radical (unpaired) electrons. The van der Waals surface area contributed by atoms with Crippen LogP contribution >= 0.6 is 0 Å². The lowest BCUT2D eigenvalue weighted by Gasteiger charge is -2.03. The quantitative estimate of drug-likeness (QED) is 0.514. The maximum Gasteiger partial charge on any atom is 0.131 e. The molecule has 0 saturated carbocycles. The molecule has 0 aliphatic heterocycles. The summed E-state index contributed by atoms with van der Waals surface area (Å²) < 4.78 is 53.9. The van der Waals surface area contributed by atoms with Gasteiger partial charge in [0.15, 0.2) is 0 Å². The van der Waals surface area contributed by atoms with E-state index in [1.165, 1.54) is 0 Å². The fraction of sp³-hybridized carbons (Fsp3) is 0. The first-order chi connectivity index (χ1) is 7.58. The molecule has 0 unspecified atom stereocenters. The van der Waals surface area contributed by atoms with Gasteiger partial charge in [0, 0.05) is 20.9 Å². The average Bonchev–Trinajstić information content (AvgIpc) is 2.23. The fourth-order valence-corrected chi connectivity index (χ4v) is 1.92. The number of hydrogen-bond acceptors (Lipinski definition) is 0. The highest BCUT2D eigenvalue weighted by Gasteiger charge is 2.11. The van der Waals surface area contributed by atoms with Crippen LogP contribution in [0.5, 0.6) is 0 Å². The molecule has 0 nitrogen and oxygen atoms in total. The second-order valence-electron chi connectivity index (χ2n) is 3.62. The Morgan fingerprint density at radius 2 is 0.625 bits per heavy atom. The van der Waals surface area contributed by atoms with Gasteiger partial charge in [0.1, 0.15) is 23.3 Å². The summed E-state index contributed by atoms with van der Waals surface area (Å²) in [7, 11) is 0. The van der Waals surface area contributed by atoms with Crippen LogP contribution in [-0.2, 0) is 0 Å². The maximum absolute atomic E-state index is 13.5. The molecular weight excluding hydrogens is 220 g/mol. The molecule has 4 aliphatic rings. The third-order valence-electron chi connectivity index (χ3n) is 2.69. The number of halogens is 4. The molecule has 2 aromatic rings. The largest absolute Gasteiger partial charge is 0.206 e. The van der Waals surface area contributed by atoms with E-state index in [1.54, 1.807) is 0 Å². The number of benzene rings is 2. The van der Waals surface area contributed by atoms with Gasteiger partial charge in [-0.05, 0) is 24.3 Å². The molecule has 2 aromatic carbocycles. The molecule has 4 heteroatoms. The van der Waals surface area contributed by atoms with E-state index >= 15 is 0 Å². The predicted molar refractivity (Wildman–Crippen MR) is 48.1 cm³/mol. The lowest BCUT2D eigenvalue weighted by atomic mass is 10.1. The SMILES string of the molecule is Fc1cc2c(F)cc1=c1cc(F)c=2cc1F. The molecule has 4 aliphatic carbocycles. The van der Waals surface area contributed by atoms with E-state index in [0.29, 0.717) is 0 Å². The number of rotatable bonds is 0. The molecule has 4 bridgehead atoms. The molecule has 80 valence electrons. The number of hydrogen-bond donors (Lipinski definition) is 0. The van der Waals surface area contributed by atoms with Crippen LogP contribution in [-0.4, -0.2) is 0 Å². The summed E-state index contributed by atoms with van der Waals surface area (Å²) in [6.45, 7) is 0. The van der Waals surface area contributed by atoms with E-state index in [2.05, 4.69) is 0 Å². The summed E-state index contributed by atoms with van der Waals surface area (Å²) >= 11 is 0. The van der Waals surface area contributed by atoms with Gasteiger partial charge in [-0.25, -0.2) is 17.6 Å². The van der Waals surface area contributed by atoms with Crippen molar-refractivity contribution in [1.29, 1.82) is 0 Å². The van der Waals surface area contributed by atoms with Gasteiger partial charge in [-0.3, -0.25) is 0 Å². The highest BCUT2D eigenvalue weighted by molar-refractivity contribution is 5.27. The zero-order valence-corrected chi connectivity index (χ0v) is 7.82. The van der Waals surface area contributed by atoms with Crippen LogP contribution in [0.1, 0.15) is 0 Å². The molecule has 0 atom stereocenters. The van der Waals surface area contributed by atoms with Crippen molar-refractivity contribution in [2.75, 3.05) is 0 Å². The van der Waals surface area contributed by atoms with Gasteiger partial charge in [-0.15, -0.1) is 0 Å². The smallest absolute Gasteiger partial charge is 0.131 e. The van der Waals surface area contributed by atoms with E-state index in [4.69, 9.17) is 0 Å². The summed E-state index contributed by atoms with van der Waals surface area (Å²) in [6.07, 6.45) is 0. The van der Waals surface area contributed by atoms with Gasteiger partial charge in [-0.2, -0.15) is 0 Å². The molecule has 0 aromatic heterocycles. The Bertz CT molecular complexity index is 656.